The van der Waals surface area contributed by atoms with E-state index < -0.39 is 24.0 Å². The minimum atomic E-state index is -1.16. The molecule has 3 atom stereocenters. The molecular formula is C48H49F3N14O2. The zero-order chi connectivity index (χ0) is 45.8. The summed E-state index contributed by atoms with van der Waals surface area (Å²) in [4.78, 5) is 59.1. The molecule has 8 aromatic rings. The van der Waals surface area contributed by atoms with Crippen LogP contribution in [-0.4, -0.2) is 114 Å². The molecule has 2 amide bonds. The number of aryl methyl sites for hydroxylation is 2. The van der Waals surface area contributed by atoms with E-state index in [1.807, 2.05) is 38.9 Å². The van der Waals surface area contributed by atoms with Crippen LogP contribution in [0.4, 0.5) is 18.9 Å². The minimum Gasteiger partial charge on any atom is -0.379 e. The van der Waals surface area contributed by atoms with Gasteiger partial charge in [0.15, 0.2) is 28.8 Å². The summed E-state index contributed by atoms with van der Waals surface area (Å²) in [5.41, 5.74) is 12.8. The zero-order valence-electron chi connectivity index (χ0n) is 37.2. The van der Waals surface area contributed by atoms with Crippen LogP contribution in [0.2, 0.25) is 0 Å². The van der Waals surface area contributed by atoms with E-state index in [0.717, 1.165) is 67.5 Å². The van der Waals surface area contributed by atoms with Gasteiger partial charge in [0, 0.05) is 82.1 Å². The van der Waals surface area contributed by atoms with Gasteiger partial charge in [-0.05, 0) is 93.2 Å². The highest BCUT2D eigenvalue weighted by Crippen LogP contribution is 2.38. The van der Waals surface area contributed by atoms with E-state index in [0.29, 0.717) is 99.8 Å². The van der Waals surface area contributed by atoms with Crippen molar-refractivity contribution in [2.24, 2.45) is 31.7 Å². The number of hydrogen-bond acceptors (Lipinski definition) is 10. The molecule has 19 heteroatoms. The lowest BCUT2D eigenvalue weighted by atomic mass is 10.0. The van der Waals surface area contributed by atoms with Crippen molar-refractivity contribution in [3.8, 4) is 23.0 Å². The summed E-state index contributed by atoms with van der Waals surface area (Å²) in [6.07, 6.45) is 10.1. The van der Waals surface area contributed by atoms with Crippen LogP contribution in [-0.2, 0) is 27.2 Å². The van der Waals surface area contributed by atoms with Gasteiger partial charge in [-0.1, -0.05) is 0 Å². The summed E-state index contributed by atoms with van der Waals surface area (Å²) in [5, 5.41) is 5.10. The molecular weight excluding hydrogens is 862 g/mol. The lowest BCUT2D eigenvalue weighted by Crippen LogP contribution is -2.50. The number of fused-ring (bicyclic) bond motifs is 4. The number of anilines is 1. The van der Waals surface area contributed by atoms with Gasteiger partial charge >= 0.3 is 0 Å². The van der Waals surface area contributed by atoms with Crippen LogP contribution >= 0.6 is 0 Å². The van der Waals surface area contributed by atoms with Crippen LogP contribution in [0.1, 0.15) is 65.7 Å². The Morgan fingerprint density at radius 3 is 1.88 bits per heavy atom. The quantitative estimate of drug-likeness (QED) is 0.142. The Morgan fingerprint density at radius 2 is 1.27 bits per heavy atom. The van der Waals surface area contributed by atoms with Crippen molar-refractivity contribution in [1.82, 2.24) is 58.0 Å². The molecule has 16 nitrogen and oxygen atoms in total. The number of nitrogens with zero attached hydrogens (tertiary/aromatic N) is 12. The fraction of sp³-hybridized carbons (Fsp3) is 0.417. The van der Waals surface area contributed by atoms with E-state index in [-0.39, 0.29) is 30.8 Å². The SMILES string of the molecule is Cn1c(-c2cc3cc(N[C@@H]4CCCN(C(=O)c5cnc6c(c5)nc(-c5cc7cc(F)c(F)nc7n5CC5CC5)n6C)C4)cnc3n2CC2CC2)nc2cc(C(=O)N3C[C@@H](N)C[C@H](F)C3)cnc21. The van der Waals surface area contributed by atoms with Gasteiger partial charge < -0.3 is 39.1 Å². The number of carbonyl (C=O) groups excluding carboxylic acids is 2. The maximum Gasteiger partial charge on any atom is 0.255 e. The monoisotopic (exact) mass is 910 g/mol. The molecule has 4 aliphatic rings. The van der Waals surface area contributed by atoms with Crippen molar-refractivity contribution in [3.63, 3.8) is 0 Å². The average molecular weight is 911 g/mol. The first-order chi connectivity index (χ1) is 32.4. The Morgan fingerprint density at radius 1 is 0.687 bits per heavy atom. The first kappa shape index (κ1) is 41.5. The van der Waals surface area contributed by atoms with E-state index in [1.165, 1.54) is 17.2 Å². The topological polar surface area (TPSA) is 176 Å². The molecule has 67 heavy (non-hydrogen) atoms. The summed E-state index contributed by atoms with van der Waals surface area (Å²) in [6, 6.07) is 10.2. The number of rotatable bonds is 10. The first-order valence-corrected chi connectivity index (χ1v) is 23.2. The van der Waals surface area contributed by atoms with Crippen molar-refractivity contribution in [2.75, 3.05) is 31.5 Å². The van der Waals surface area contributed by atoms with Crippen molar-refractivity contribution in [3.05, 3.63) is 77.9 Å². The van der Waals surface area contributed by atoms with E-state index in [2.05, 4.69) is 37.0 Å². The normalized spacial score (nSPS) is 20.2. The second-order valence-corrected chi connectivity index (χ2v) is 19.1. The molecule has 0 aromatic carbocycles. The van der Waals surface area contributed by atoms with Gasteiger partial charge in [-0.3, -0.25) is 9.59 Å². The Hall–Kier alpha value is -6.89. The maximum absolute atomic E-state index is 14.3. The third-order valence-corrected chi connectivity index (χ3v) is 14.0. The summed E-state index contributed by atoms with van der Waals surface area (Å²) in [5.74, 6) is -0.338. The number of nitrogens with one attached hydrogen (secondary N) is 1. The van der Waals surface area contributed by atoms with Crippen LogP contribution in [0, 0.1) is 23.6 Å². The number of imidazole rings is 2. The second-order valence-electron chi connectivity index (χ2n) is 19.1. The first-order valence-electron chi connectivity index (χ1n) is 23.2. The number of alkyl halides is 1. The number of carbonyl (C=O) groups is 2. The number of halogens is 3. The highest BCUT2D eigenvalue weighted by atomic mass is 19.2. The smallest absolute Gasteiger partial charge is 0.255 e. The second kappa shape index (κ2) is 15.9. The van der Waals surface area contributed by atoms with Crippen molar-refractivity contribution >= 4 is 61.9 Å². The number of likely N-dealkylation sites (tertiary alicyclic amines) is 2. The number of aromatic nitrogens is 10. The predicted octanol–water partition coefficient (Wildman–Crippen LogP) is 6.61. The lowest BCUT2D eigenvalue weighted by molar-refractivity contribution is 0.0606. The van der Waals surface area contributed by atoms with Crippen LogP contribution in [0.3, 0.4) is 0 Å². The molecule has 4 fully saturated rings. The Balaban J connectivity index is 0.784. The molecule has 2 aliphatic carbocycles. The molecule has 0 bridgehead atoms. The van der Waals surface area contributed by atoms with Gasteiger partial charge in [0.1, 0.15) is 28.5 Å². The molecule has 8 aromatic heterocycles. The average Bonchev–Trinajstić information content (AvgIpc) is 4.21. The summed E-state index contributed by atoms with van der Waals surface area (Å²) >= 11 is 0. The molecule has 12 rings (SSSR count). The zero-order valence-corrected chi connectivity index (χ0v) is 37.2. The van der Waals surface area contributed by atoms with E-state index in [4.69, 9.17) is 20.7 Å². The minimum absolute atomic E-state index is 0.00885. The number of pyridine rings is 4. The number of nitrogens with two attached hydrogens (primary N) is 1. The Labute approximate surface area is 382 Å². The summed E-state index contributed by atoms with van der Waals surface area (Å²) in [6.45, 7) is 2.80. The van der Waals surface area contributed by atoms with Gasteiger partial charge in [0.2, 0.25) is 0 Å². The third-order valence-electron chi connectivity index (χ3n) is 14.0. The van der Waals surface area contributed by atoms with Gasteiger partial charge in [-0.2, -0.15) is 9.37 Å². The standard InChI is InChI=1S/C48H49F3N14O2/c1-60-44-37(13-30(18-54-44)48(67)63-22-31(49)16-32(52)23-63)57-45(60)38-14-27-10-34(19-55-41(27)64(38)20-25-5-6-25)56-33-4-3-9-62(24-33)47(66)29-12-36-43(53-17-29)61(2)46(58-36)39-15-28-11-35(50)40(51)59-42(28)65(39)21-26-7-8-26/h10-15,17-19,25-26,31-33,56H,3-9,16,20-24,52H2,1-2H3/t31-,32-,33+/m0/s1. The van der Waals surface area contributed by atoms with Crippen molar-refractivity contribution in [1.29, 1.82) is 0 Å². The fourth-order valence-electron chi connectivity index (χ4n) is 10.2. The maximum atomic E-state index is 14.3. The molecule has 0 radical (unpaired) electrons. The van der Waals surface area contributed by atoms with Crippen LogP contribution < -0.4 is 11.1 Å². The van der Waals surface area contributed by atoms with E-state index >= 15 is 0 Å². The predicted molar refractivity (Wildman–Crippen MR) is 246 cm³/mol. The van der Waals surface area contributed by atoms with Crippen LogP contribution in [0.25, 0.3) is 67.4 Å². The Bertz CT molecular complexity index is 3300. The molecule has 3 N–H and O–H groups in total. The third kappa shape index (κ3) is 7.52. The highest BCUT2D eigenvalue weighted by Gasteiger charge is 2.32. The van der Waals surface area contributed by atoms with E-state index in [1.54, 1.807) is 24.4 Å². The molecule has 0 spiro atoms. The highest BCUT2D eigenvalue weighted by molar-refractivity contribution is 5.98. The lowest BCUT2D eigenvalue weighted by Gasteiger charge is -2.33. The number of hydrogen-bond donors (Lipinski definition) is 2. The van der Waals surface area contributed by atoms with Gasteiger partial charge in [0.25, 0.3) is 17.8 Å². The molecule has 2 saturated carbocycles. The molecule has 2 saturated heterocycles. The molecule has 10 heterocycles. The van der Waals surface area contributed by atoms with E-state index in [9.17, 15) is 22.8 Å². The fourth-order valence-corrected chi connectivity index (χ4v) is 10.2. The number of amides is 2. The molecule has 2 aliphatic heterocycles. The molecule has 0 unspecified atom stereocenters. The van der Waals surface area contributed by atoms with Gasteiger partial charge in [0.05, 0.1) is 40.9 Å². The Kier molecular flexibility index (Phi) is 9.84. The van der Waals surface area contributed by atoms with Crippen LogP contribution in [0.5, 0.6) is 0 Å². The van der Waals surface area contributed by atoms with Crippen LogP contribution in [0.15, 0.2) is 55.0 Å². The number of piperidine rings is 2. The summed E-state index contributed by atoms with van der Waals surface area (Å²) in [7, 11) is 3.76. The summed E-state index contributed by atoms with van der Waals surface area (Å²) < 4.78 is 50.8. The van der Waals surface area contributed by atoms with Crippen molar-refractivity contribution < 1.29 is 22.8 Å². The largest absolute Gasteiger partial charge is 0.379 e. The van der Waals surface area contributed by atoms with Gasteiger partial charge in [-0.25, -0.2) is 33.7 Å². The molecule has 344 valence electrons. The van der Waals surface area contributed by atoms with Crippen molar-refractivity contribution in [2.45, 2.75) is 76.3 Å². The van der Waals surface area contributed by atoms with Gasteiger partial charge in [-0.15, -0.1) is 0 Å².